The molecule has 4 rings (SSSR count). The monoisotopic (exact) mass is 449 g/mol. The number of rotatable bonds is 6. The van der Waals surface area contributed by atoms with Crippen molar-refractivity contribution in [2.24, 2.45) is 0 Å². The first kappa shape index (κ1) is 21.2. The Morgan fingerprint density at radius 3 is 2.58 bits per heavy atom. The first-order chi connectivity index (χ1) is 15.0. The third-order valence-corrected chi connectivity index (χ3v) is 6.17. The third kappa shape index (κ3) is 4.81. The van der Waals surface area contributed by atoms with Crippen molar-refractivity contribution in [3.05, 3.63) is 99.3 Å². The molecule has 1 N–H and O–H groups in total. The van der Waals surface area contributed by atoms with Gasteiger partial charge in [0.25, 0.3) is 5.56 Å². The van der Waals surface area contributed by atoms with Crippen LogP contribution in [0.3, 0.4) is 0 Å². The molecule has 5 nitrogen and oxygen atoms in total. The minimum absolute atomic E-state index is 0.134. The molecule has 31 heavy (non-hydrogen) atoms. The molecular formula is C24H20ClN3O2S. The quantitative estimate of drug-likeness (QED) is 0.340. The normalized spacial score (nSPS) is 10.9. The predicted molar refractivity (Wildman–Crippen MR) is 126 cm³/mol. The Balaban J connectivity index is 1.63. The van der Waals surface area contributed by atoms with Crippen LogP contribution in [0.1, 0.15) is 11.1 Å². The molecule has 0 bridgehead atoms. The molecule has 1 amide bonds. The van der Waals surface area contributed by atoms with Crippen molar-refractivity contribution in [3.63, 3.8) is 0 Å². The number of aromatic nitrogens is 2. The van der Waals surface area contributed by atoms with Crippen molar-refractivity contribution in [1.82, 2.24) is 14.9 Å². The molecule has 156 valence electrons. The average molecular weight is 450 g/mol. The Labute approximate surface area is 189 Å². The number of aryl methyl sites for hydroxylation is 1. The summed E-state index contributed by atoms with van der Waals surface area (Å²) in [5.41, 5.74) is 2.95. The Morgan fingerprint density at radius 2 is 1.81 bits per heavy atom. The highest BCUT2D eigenvalue weighted by Crippen LogP contribution is 2.24. The van der Waals surface area contributed by atoms with Gasteiger partial charge in [0.05, 0.1) is 22.3 Å². The molecule has 0 spiro atoms. The molecule has 0 fully saturated rings. The molecule has 0 saturated heterocycles. The molecule has 3 aromatic carbocycles. The SMILES string of the molecule is Cc1ccc(-n2c(SCC(=O)NCc3ccccc3)nc3ccccc3c2=O)cc1Cl. The summed E-state index contributed by atoms with van der Waals surface area (Å²) in [6, 6.07) is 22.3. The zero-order valence-electron chi connectivity index (χ0n) is 16.8. The van der Waals surface area contributed by atoms with Gasteiger partial charge in [-0.15, -0.1) is 0 Å². The predicted octanol–water partition coefficient (Wildman–Crippen LogP) is 4.76. The van der Waals surface area contributed by atoms with Gasteiger partial charge in [0, 0.05) is 11.6 Å². The zero-order valence-corrected chi connectivity index (χ0v) is 18.4. The van der Waals surface area contributed by atoms with E-state index in [9.17, 15) is 9.59 Å². The van der Waals surface area contributed by atoms with E-state index in [4.69, 9.17) is 11.6 Å². The fourth-order valence-electron chi connectivity index (χ4n) is 3.14. The lowest BCUT2D eigenvalue weighted by Crippen LogP contribution is -2.26. The number of hydrogen-bond acceptors (Lipinski definition) is 4. The van der Waals surface area contributed by atoms with E-state index in [1.54, 1.807) is 18.2 Å². The van der Waals surface area contributed by atoms with Gasteiger partial charge >= 0.3 is 0 Å². The van der Waals surface area contributed by atoms with Crippen LogP contribution in [0.2, 0.25) is 5.02 Å². The Hall–Kier alpha value is -3.09. The van der Waals surface area contributed by atoms with Crippen LogP contribution < -0.4 is 10.9 Å². The van der Waals surface area contributed by atoms with Gasteiger partial charge in [0.1, 0.15) is 0 Å². The van der Waals surface area contributed by atoms with E-state index in [0.717, 1.165) is 11.1 Å². The highest BCUT2D eigenvalue weighted by atomic mass is 35.5. The average Bonchev–Trinajstić information content (AvgIpc) is 2.79. The maximum Gasteiger partial charge on any atom is 0.266 e. The van der Waals surface area contributed by atoms with Gasteiger partial charge in [-0.3, -0.25) is 14.2 Å². The van der Waals surface area contributed by atoms with Crippen LogP contribution in [-0.2, 0) is 11.3 Å². The standard InChI is InChI=1S/C24H20ClN3O2S/c1-16-11-12-18(13-20(16)25)28-23(30)19-9-5-6-10-21(19)27-24(28)31-15-22(29)26-14-17-7-3-2-4-8-17/h2-13H,14-15H2,1H3,(H,26,29). The number of carbonyl (C=O) groups excluding carboxylic acids is 1. The summed E-state index contributed by atoms with van der Waals surface area (Å²) in [4.78, 5) is 30.3. The zero-order chi connectivity index (χ0) is 21.8. The van der Waals surface area contributed by atoms with E-state index in [1.165, 1.54) is 16.3 Å². The first-order valence-electron chi connectivity index (χ1n) is 9.74. The Morgan fingerprint density at radius 1 is 1.06 bits per heavy atom. The van der Waals surface area contributed by atoms with Crippen molar-refractivity contribution in [2.75, 3.05) is 5.75 Å². The molecule has 0 radical (unpaired) electrons. The van der Waals surface area contributed by atoms with Gasteiger partial charge in [-0.25, -0.2) is 4.98 Å². The minimum atomic E-state index is -0.197. The van der Waals surface area contributed by atoms with Gasteiger partial charge in [0.15, 0.2) is 5.16 Å². The summed E-state index contributed by atoms with van der Waals surface area (Å²) in [5.74, 6) is 0.00163. The van der Waals surface area contributed by atoms with Crippen LogP contribution >= 0.6 is 23.4 Å². The number of nitrogens with zero attached hydrogens (tertiary/aromatic N) is 2. The summed E-state index contributed by atoms with van der Waals surface area (Å²) in [5, 5.41) is 4.42. The van der Waals surface area contributed by atoms with Crippen LogP contribution in [0, 0.1) is 6.92 Å². The highest BCUT2D eigenvalue weighted by molar-refractivity contribution is 7.99. The fraction of sp³-hybridized carbons (Fsp3) is 0.125. The van der Waals surface area contributed by atoms with Gasteiger partial charge in [-0.05, 0) is 42.3 Å². The van der Waals surface area contributed by atoms with Crippen LogP contribution in [0.5, 0.6) is 0 Å². The summed E-state index contributed by atoms with van der Waals surface area (Å²) in [6.45, 7) is 2.35. The Bertz CT molecular complexity index is 1310. The first-order valence-corrected chi connectivity index (χ1v) is 11.1. The van der Waals surface area contributed by atoms with Crippen LogP contribution in [0.15, 0.2) is 82.7 Å². The Kier molecular flexibility index (Phi) is 6.39. The number of carbonyl (C=O) groups is 1. The van der Waals surface area contributed by atoms with Crippen molar-refractivity contribution in [3.8, 4) is 5.69 Å². The van der Waals surface area contributed by atoms with Crippen LogP contribution in [0.4, 0.5) is 0 Å². The van der Waals surface area contributed by atoms with Crippen LogP contribution in [0.25, 0.3) is 16.6 Å². The number of fused-ring (bicyclic) bond motifs is 1. The van der Waals surface area contributed by atoms with Gasteiger partial charge in [0.2, 0.25) is 5.91 Å². The molecule has 1 aromatic heterocycles. The molecule has 0 aliphatic rings. The summed E-state index contributed by atoms with van der Waals surface area (Å²) >= 11 is 7.53. The van der Waals surface area contributed by atoms with Crippen LogP contribution in [-0.4, -0.2) is 21.2 Å². The molecule has 1 heterocycles. The smallest absolute Gasteiger partial charge is 0.266 e. The molecule has 0 unspecified atom stereocenters. The van der Waals surface area contributed by atoms with E-state index >= 15 is 0 Å². The molecule has 0 aliphatic carbocycles. The van der Waals surface area contributed by atoms with Crippen molar-refractivity contribution in [2.45, 2.75) is 18.6 Å². The van der Waals surface area contributed by atoms with E-state index in [-0.39, 0.29) is 17.2 Å². The lowest BCUT2D eigenvalue weighted by molar-refractivity contribution is -0.118. The number of benzene rings is 3. The molecule has 7 heteroatoms. The number of para-hydroxylation sites is 1. The second-order valence-corrected chi connectivity index (χ2v) is 8.39. The second kappa shape index (κ2) is 9.37. The lowest BCUT2D eigenvalue weighted by Gasteiger charge is -2.14. The number of hydrogen-bond donors (Lipinski definition) is 1. The van der Waals surface area contributed by atoms with Crippen molar-refractivity contribution < 1.29 is 4.79 Å². The van der Waals surface area contributed by atoms with E-state index < -0.39 is 0 Å². The third-order valence-electron chi connectivity index (χ3n) is 4.82. The topological polar surface area (TPSA) is 64.0 Å². The fourth-order valence-corrected chi connectivity index (χ4v) is 4.15. The van der Waals surface area contributed by atoms with Crippen molar-refractivity contribution in [1.29, 1.82) is 0 Å². The van der Waals surface area contributed by atoms with E-state index in [1.807, 2.05) is 61.5 Å². The lowest BCUT2D eigenvalue weighted by atomic mass is 10.2. The molecular weight excluding hydrogens is 430 g/mol. The molecule has 0 atom stereocenters. The van der Waals surface area contributed by atoms with Gasteiger partial charge < -0.3 is 5.32 Å². The maximum absolute atomic E-state index is 13.3. The van der Waals surface area contributed by atoms with E-state index in [0.29, 0.717) is 33.3 Å². The number of thioether (sulfide) groups is 1. The molecule has 4 aromatic rings. The summed E-state index contributed by atoms with van der Waals surface area (Å²) in [6.07, 6.45) is 0. The number of nitrogens with one attached hydrogen (secondary N) is 1. The summed E-state index contributed by atoms with van der Waals surface area (Å²) in [7, 11) is 0. The largest absolute Gasteiger partial charge is 0.351 e. The van der Waals surface area contributed by atoms with Gasteiger partial charge in [-0.1, -0.05) is 71.9 Å². The number of amides is 1. The maximum atomic E-state index is 13.3. The second-order valence-electron chi connectivity index (χ2n) is 7.04. The number of halogens is 1. The molecule has 0 saturated carbocycles. The van der Waals surface area contributed by atoms with Crippen molar-refractivity contribution >= 4 is 40.2 Å². The summed E-state index contributed by atoms with van der Waals surface area (Å²) < 4.78 is 1.52. The van der Waals surface area contributed by atoms with Gasteiger partial charge in [-0.2, -0.15) is 0 Å². The highest BCUT2D eigenvalue weighted by Gasteiger charge is 2.15. The minimum Gasteiger partial charge on any atom is -0.351 e. The molecule has 0 aliphatic heterocycles. The van der Waals surface area contributed by atoms with E-state index in [2.05, 4.69) is 10.3 Å².